The van der Waals surface area contributed by atoms with Gasteiger partial charge in [0.15, 0.2) is 5.82 Å². The van der Waals surface area contributed by atoms with Crippen LogP contribution >= 0.6 is 0 Å². The number of carbonyl (C=O) groups is 1. The summed E-state index contributed by atoms with van der Waals surface area (Å²) in [5, 5.41) is 14.2. The molecule has 3 rings (SSSR count). The summed E-state index contributed by atoms with van der Waals surface area (Å²) in [6.45, 7) is 4.83. The van der Waals surface area contributed by atoms with Gasteiger partial charge in [-0.15, -0.1) is 5.10 Å². The Morgan fingerprint density at radius 2 is 1.91 bits per heavy atom. The van der Waals surface area contributed by atoms with Gasteiger partial charge in [-0.2, -0.15) is 0 Å². The lowest BCUT2D eigenvalue weighted by Crippen LogP contribution is -2.52. The predicted octanol–water partition coefficient (Wildman–Crippen LogP) is 0.198. The van der Waals surface area contributed by atoms with Crippen molar-refractivity contribution in [2.24, 2.45) is 7.05 Å². The second-order valence-corrected chi connectivity index (χ2v) is 5.51. The first-order chi connectivity index (χ1) is 11.1. The first kappa shape index (κ1) is 15.2. The Morgan fingerprint density at radius 3 is 2.52 bits per heavy atom. The maximum Gasteiger partial charge on any atom is 0.318 e. The number of piperazine rings is 1. The first-order valence-electron chi connectivity index (χ1n) is 7.58. The highest BCUT2D eigenvalue weighted by Crippen LogP contribution is 2.15. The second-order valence-electron chi connectivity index (χ2n) is 5.51. The molecular formula is C14H20N8O. The van der Waals surface area contributed by atoms with Crippen LogP contribution in [0.1, 0.15) is 18.8 Å². The van der Waals surface area contributed by atoms with Crippen LogP contribution < -0.4 is 10.2 Å². The molecule has 23 heavy (non-hydrogen) atoms. The zero-order valence-electron chi connectivity index (χ0n) is 13.3. The second kappa shape index (κ2) is 6.59. The molecule has 1 saturated heterocycles. The van der Waals surface area contributed by atoms with Crippen molar-refractivity contribution < 1.29 is 4.79 Å². The number of carbonyl (C=O) groups excluding carboxylic acids is 1. The van der Waals surface area contributed by atoms with E-state index in [1.165, 1.54) is 0 Å². The monoisotopic (exact) mass is 316 g/mol. The van der Waals surface area contributed by atoms with Crippen LogP contribution in [-0.4, -0.2) is 62.3 Å². The summed E-state index contributed by atoms with van der Waals surface area (Å²) in [6.07, 6.45) is 3.57. The summed E-state index contributed by atoms with van der Waals surface area (Å²) in [5.74, 6) is 0.633. The van der Waals surface area contributed by atoms with E-state index in [1.54, 1.807) is 24.1 Å². The van der Waals surface area contributed by atoms with E-state index in [4.69, 9.17) is 0 Å². The molecule has 9 nitrogen and oxygen atoms in total. The Kier molecular flexibility index (Phi) is 4.35. The standard InChI is InChI=1S/C14H20N8O/c1-11(13-17-18-19-20(13)2)16-14(23)22-9-7-21(8-10-22)12-3-5-15-6-4-12/h3-6,11H,7-10H2,1-2H3,(H,16,23)/t11-/m1/s1. The van der Waals surface area contributed by atoms with E-state index in [1.807, 2.05) is 24.0 Å². The van der Waals surface area contributed by atoms with Crippen molar-refractivity contribution in [1.82, 2.24) is 35.4 Å². The molecule has 2 aromatic rings. The molecule has 9 heteroatoms. The zero-order valence-corrected chi connectivity index (χ0v) is 13.3. The molecule has 1 fully saturated rings. The Balaban J connectivity index is 1.53. The van der Waals surface area contributed by atoms with Gasteiger partial charge in [-0.25, -0.2) is 9.48 Å². The molecule has 0 radical (unpaired) electrons. The topological polar surface area (TPSA) is 92.1 Å². The molecule has 1 N–H and O–H groups in total. The SMILES string of the molecule is C[C@@H](NC(=O)N1CCN(c2ccncc2)CC1)c1nnnn1C. The van der Waals surface area contributed by atoms with E-state index < -0.39 is 0 Å². The van der Waals surface area contributed by atoms with Crippen LogP contribution in [0.5, 0.6) is 0 Å². The molecule has 0 bridgehead atoms. The molecule has 0 saturated carbocycles. The van der Waals surface area contributed by atoms with Crippen LogP contribution in [0.3, 0.4) is 0 Å². The lowest BCUT2D eigenvalue weighted by molar-refractivity contribution is 0.190. The number of urea groups is 1. The van der Waals surface area contributed by atoms with Crippen LogP contribution in [0.15, 0.2) is 24.5 Å². The minimum absolute atomic E-state index is 0.0881. The molecule has 2 aromatic heterocycles. The summed E-state index contributed by atoms with van der Waals surface area (Å²) in [4.78, 5) is 20.5. The maximum atomic E-state index is 12.4. The summed E-state index contributed by atoms with van der Waals surface area (Å²) in [7, 11) is 1.76. The van der Waals surface area contributed by atoms with E-state index in [0.717, 1.165) is 18.8 Å². The van der Waals surface area contributed by atoms with Gasteiger partial charge in [0.2, 0.25) is 0 Å². The van der Waals surface area contributed by atoms with Crippen LogP contribution in [-0.2, 0) is 7.05 Å². The van der Waals surface area contributed by atoms with Crippen LogP contribution in [0, 0.1) is 0 Å². The molecule has 2 amide bonds. The normalized spacial score (nSPS) is 16.3. The van der Waals surface area contributed by atoms with Crippen molar-refractivity contribution in [3.8, 4) is 0 Å². The van der Waals surface area contributed by atoms with E-state index in [2.05, 4.69) is 30.7 Å². The number of hydrogen-bond donors (Lipinski definition) is 1. The Hall–Kier alpha value is -2.71. The highest BCUT2D eigenvalue weighted by Gasteiger charge is 2.23. The molecule has 0 unspecified atom stereocenters. The van der Waals surface area contributed by atoms with Crippen molar-refractivity contribution in [1.29, 1.82) is 0 Å². The summed E-state index contributed by atoms with van der Waals surface area (Å²) in [6, 6.07) is 3.65. The Labute approximate surface area is 134 Å². The highest BCUT2D eigenvalue weighted by atomic mass is 16.2. The third-order valence-corrected chi connectivity index (χ3v) is 3.97. The van der Waals surface area contributed by atoms with Gasteiger partial charge >= 0.3 is 6.03 Å². The average molecular weight is 316 g/mol. The average Bonchev–Trinajstić information content (AvgIpc) is 3.02. The summed E-state index contributed by atoms with van der Waals surface area (Å²) >= 11 is 0. The van der Waals surface area contributed by atoms with Gasteiger partial charge in [0.25, 0.3) is 0 Å². The number of aromatic nitrogens is 5. The van der Waals surface area contributed by atoms with Crippen molar-refractivity contribution in [3.63, 3.8) is 0 Å². The molecular weight excluding hydrogens is 296 g/mol. The third kappa shape index (κ3) is 3.38. The van der Waals surface area contributed by atoms with Crippen molar-refractivity contribution >= 4 is 11.7 Å². The fourth-order valence-corrected chi connectivity index (χ4v) is 2.67. The molecule has 0 spiro atoms. The van der Waals surface area contributed by atoms with Gasteiger partial charge in [0, 0.05) is 51.3 Å². The Bertz CT molecular complexity index is 650. The molecule has 0 aromatic carbocycles. The molecule has 3 heterocycles. The van der Waals surface area contributed by atoms with Gasteiger partial charge < -0.3 is 15.1 Å². The van der Waals surface area contributed by atoms with Crippen molar-refractivity contribution in [3.05, 3.63) is 30.4 Å². The number of nitrogens with zero attached hydrogens (tertiary/aromatic N) is 7. The highest BCUT2D eigenvalue weighted by molar-refractivity contribution is 5.75. The quantitative estimate of drug-likeness (QED) is 0.869. The number of nitrogens with one attached hydrogen (secondary N) is 1. The van der Waals surface area contributed by atoms with E-state index in [9.17, 15) is 4.79 Å². The third-order valence-electron chi connectivity index (χ3n) is 3.97. The number of rotatable bonds is 3. The molecule has 1 aliphatic rings. The minimum atomic E-state index is -0.235. The lowest BCUT2D eigenvalue weighted by atomic mass is 10.2. The molecule has 1 aliphatic heterocycles. The number of hydrogen-bond acceptors (Lipinski definition) is 6. The first-order valence-corrected chi connectivity index (χ1v) is 7.58. The van der Waals surface area contributed by atoms with Gasteiger partial charge in [-0.1, -0.05) is 0 Å². The minimum Gasteiger partial charge on any atom is -0.368 e. The number of anilines is 1. The number of aryl methyl sites for hydroxylation is 1. The smallest absolute Gasteiger partial charge is 0.318 e. The van der Waals surface area contributed by atoms with Gasteiger partial charge in [-0.05, 0) is 29.5 Å². The summed E-state index contributed by atoms with van der Waals surface area (Å²) in [5.41, 5.74) is 1.14. The van der Waals surface area contributed by atoms with Crippen molar-refractivity contribution in [2.45, 2.75) is 13.0 Å². The molecule has 0 aliphatic carbocycles. The van der Waals surface area contributed by atoms with Crippen LogP contribution in [0.2, 0.25) is 0 Å². The molecule has 1 atom stereocenters. The van der Waals surface area contributed by atoms with E-state index in [-0.39, 0.29) is 12.1 Å². The van der Waals surface area contributed by atoms with Crippen molar-refractivity contribution in [2.75, 3.05) is 31.1 Å². The molecule has 122 valence electrons. The van der Waals surface area contributed by atoms with Crippen LogP contribution in [0.4, 0.5) is 10.5 Å². The lowest BCUT2D eigenvalue weighted by Gasteiger charge is -2.36. The maximum absolute atomic E-state index is 12.4. The number of pyridine rings is 1. The van der Waals surface area contributed by atoms with Gasteiger partial charge in [-0.3, -0.25) is 4.98 Å². The zero-order chi connectivity index (χ0) is 16.2. The number of tetrazole rings is 1. The van der Waals surface area contributed by atoms with Gasteiger partial charge in [0.05, 0.1) is 6.04 Å². The van der Waals surface area contributed by atoms with Crippen LogP contribution in [0.25, 0.3) is 0 Å². The fraction of sp³-hybridized carbons (Fsp3) is 0.500. The summed E-state index contributed by atoms with van der Waals surface area (Å²) < 4.78 is 1.56. The fourth-order valence-electron chi connectivity index (χ4n) is 2.67. The van der Waals surface area contributed by atoms with E-state index >= 15 is 0 Å². The number of amides is 2. The predicted molar refractivity (Wildman–Crippen MR) is 83.8 cm³/mol. The Morgan fingerprint density at radius 1 is 1.22 bits per heavy atom. The largest absolute Gasteiger partial charge is 0.368 e. The van der Waals surface area contributed by atoms with Gasteiger partial charge in [0.1, 0.15) is 0 Å². The van der Waals surface area contributed by atoms with E-state index in [0.29, 0.717) is 18.9 Å².